The molecule has 0 unspecified atom stereocenters. The van der Waals surface area contributed by atoms with Crippen LogP contribution in [0.5, 0.6) is 0 Å². The Morgan fingerprint density at radius 1 is 1.25 bits per heavy atom. The van der Waals surface area contributed by atoms with E-state index in [1.54, 1.807) is 30.3 Å². The Bertz CT molecular complexity index is 999. The van der Waals surface area contributed by atoms with Gasteiger partial charge in [0.1, 0.15) is 6.54 Å². The number of hydrogen-bond donors (Lipinski definition) is 1. The minimum absolute atomic E-state index is 0.168. The monoisotopic (exact) mass is 361 g/mol. The second kappa shape index (κ2) is 6.63. The van der Waals surface area contributed by atoms with Crippen LogP contribution in [-0.2, 0) is 11.3 Å². The Balaban J connectivity index is 1.87. The molecule has 3 rings (SSSR count). The average molecular weight is 362 g/mol. The number of carbonyl (C=O) groups is 1. The highest BCUT2D eigenvalue weighted by Gasteiger charge is 2.11. The molecule has 0 saturated heterocycles. The van der Waals surface area contributed by atoms with Gasteiger partial charge in [-0.1, -0.05) is 35.3 Å². The van der Waals surface area contributed by atoms with Crippen LogP contribution in [0.1, 0.15) is 5.56 Å². The Morgan fingerprint density at radius 2 is 2.04 bits per heavy atom. The average Bonchev–Trinajstić information content (AvgIpc) is 2.54. The van der Waals surface area contributed by atoms with Gasteiger partial charge in [-0.3, -0.25) is 14.2 Å². The zero-order valence-corrected chi connectivity index (χ0v) is 14.2. The van der Waals surface area contributed by atoms with E-state index in [4.69, 9.17) is 23.2 Å². The van der Waals surface area contributed by atoms with Crippen LogP contribution >= 0.6 is 23.2 Å². The normalized spacial score (nSPS) is 10.8. The van der Waals surface area contributed by atoms with Crippen molar-refractivity contribution < 1.29 is 4.79 Å². The van der Waals surface area contributed by atoms with E-state index in [0.717, 1.165) is 5.56 Å². The van der Waals surface area contributed by atoms with Gasteiger partial charge in [-0.15, -0.1) is 0 Å². The van der Waals surface area contributed by atoms with E-state index in [2.05, 4.69) is 10.3 Å². The molecule has 0 aliphatic rings. The number of benzene rings is 2. The van der Waals surface area contributed by atoms with Gasteiger partial charge in [-0.25, -0.2) is 4.98 Å². The van der Waals surface area contributed by atoms with Crippen molar-refractivity contribution >= 4 is 45.7 Å². The predicted molar refractivity (Wildman–Crippen MR) is 95.8 cm³/mol. The lowest BCUT2D eigenvalue weighted by Gasteiger charge is -2.10. The van der Waals surface area contributed by atoms with Gasteiger partial charge in [-0.2, -0.15) is 0 Å². The number of amides is 1. The molecule has 3 aromatic rings. The summed E-state index contributed by atoms with van der Waals surface area (Å²) in [5.41, 5.74) is 1.67. The predicted octanol–water partition coefficient (Wildman–Crippen LogP) is 3.65. The molecule has 2 aromatic carbocycles. The first-order valence-corrected chi connectivity index (χ1v) is 7.91. The number of fused-ring (bicyclic) bond motifs is 1. The van der Waals surface area contributed by atoms with Crippen LogP contribution < -0.4 is 10.9 Å². The van der Waals surface area contributed by atoms with Crippen molar-refractivity contribution in [3.8, 4) is 0 Å². The summed E-state index contributed by atoms with van der Waals surface area (Å²) >= 11 is 11.9. The lowest BCUT2D eigenvalue weighted by molar-refractivity contribution is -0.116. The van der Waals surface area contributed by atoms with Gasteiger partial charge in [0.2, 0.25) is 5.91 Å². The van der Waals surface area contributed by atoms with Gasteiger partial charge in [0.15, 0.2) is 0 Å². The number of hydrogen-bond acceptors (Lipinski definition) is 3. The van der Waals surface area contributed by atoms with Gasteiger partial charge in [-0.05, 0) is 36.8 Å². The quantitative estimate of drug-likeness (QED) is 0.774. The minimum atomic E-state index is -0.393. The molecule has 24 heavy (non-hydrogen) atoms. The third-order valence-corrected chi connectivity index (χ3v) is 4.14. The molecule has 1 amide bonds. The van der Waals surface area contributed by atoms with Crippen LogP contribution in [0.4, 0.5) is 5.69 Å². The van der Waals surface area contributed by atoms with Gasteiger partial charge in [0.05, 0.1) is 27.9 Å². The maximum atomic E-state index is 12.5. The zero-order valence-electron chi connectivity index (χ0n) is 12.7. The largest absolute Gasteiger partial charge is 0.323 e. The first-order chi connectivity index (χ1) is 11.5. The van der Waals surface area contributed by atoms with Crippen molar-refractivity contribution in [2.75, 3.05) is 5.32 Å². The topological polar surface area (TPSA) is 64.0 Å². The summed E-state index contributed by atoms with van der Waals surface area (Å²) in [5, 5.41) is 3.94. The van der Waals surface area contributed by atoms with E-state index in [-0.39, 0.29) is 12.1 Å². The first kappa shape index (κ1) is 16.5. The van der Waals surface area contributed by atoms with Crippen molar-refractivity contribution in [3.63, 3.8) is 0 Å². The molecule has 0 atom stereocenters. The van der Waals surface area contributed by atoms with E-state index in [1.165, 1.54) is 10.9 Å². The molecule has 7 heteroatoms. The van der Waals surface area contributed by atoms with Crippen LogP contribution in [0, 0.1) is 6.92 Å². The molecule has 122 valence electrons. The highest BCUT2D eigenvalue weighted by molar-refractivity contribution is 6.35. The third kappa shape index (κ3) is 3.27. The number of para-hydroxylation sites is 1. The van der Waals surface area contributed by atoms with Gasteiger partial charge < -0.3 is 5.32 Å². The summed E-state index contributed by atoms with van der Waals surface area (Å²) in [4.78, 5) is 29.0. The third-order valence-electron chi connectivity index (χ3n) is 3.57. The lowest BCUT2D eigenvalue weighted by Crippen LogP contribution is -2.28. The molecule has 1 N–H and O–H groups in total. The number of halogens is 2. The first-order valence-electron chi connectivity index (χ1n) is 7.15. The van der Waals surface area contributed by atoms with E-state index in [1.807, 2.05) is 13.0 Å². The second-order valence-electron chi connectivity index (χ2n) is 5.32. The molecular weight excluding hydrogens is 349 g/mol. The summed E-state index contributed by atoms with van der Waals surface area (Å²) in [7, 11) is 0. The van der Waals surface area contributed by atoms with Gasteiger partial charge in [0.25, 0.3) is 5.56 Å². The Hall–Kier alpha value is -2.37. The Morgan fingerprint density at radius 3 is 2.83 bits per heavy atom. The van der Waals surface area contributed by atoms with Crippen LogP contribution in [0.3, 0.4) is 0 Å². The summed E-state index contributed by atoms with van der Waals surface area (Å²) in [6, 6.07) is 10.1. The number of anilines is 1. The fourth-order valence-corrected chi connectivity index (χ4v) is 2.72. The molecule has 0 fully saturated rings. The van der Waals surface area contributed by atoms with Crippen molar-refractivity contribution in [1.82, 2.24) is 9.55 Å². The zero-order chi connectivity index (χ0) is 17.3. The van der Waals surface area contributed by atoms with E-state index in [0.29, 0.717) is 26.6 Å². The number of aryl methyl sites for hydroxylation is 1. The number of nitrogens with one attached hydrogen (secondary N) is 1. The maximum Gasteiger partial charge on any atom is 0.261 e. The molecule has 0 saturated carbocycles. The van der Waals surface area contributed by atoms with E-state index < -0.39 is 5.91 Å². The summed E-state index contributed by atoms with van der Waals surface area (Å²) in [5.74, 6) is -0.393. The molecule has 5 nitrogen and oxygen atoms in total. The minimum Gasteiger partial charge on any atom is -0.323 e. The Kier molecular flexibility index (Phi) is 4.55. The SMILES string of the molecule is Cc1cccc2c(=O)n(CC(=O)Nc3cc(Cl)ccc3Cl)cnc12. The highest BCUT2D eigenvalue weighted by Crippen LogP contribution is 2.25. The highest BCUT2D eigenvalue weighted by atomic mass is 35.5. The summed E-state index contributed by atoms with van der Waals surface area (Å²) in [6.45, 7) is 1.71. The summed E-state index contributed by atoms with van der Waals surface area (Å²) in [6.07, 6.45) is 1.37. The number of carbonyl (C=O) groups excluding carboxylic acids is 1. The molecule has 0 aliphatic carbocycles. The van der Waals surface area contributed by atoms with Crippen LogP contribution in [-0.4, -0.2) is 15.5 Å². The van der Waals surface area contributed by atoms with Crippen molar-refractivity contribution in [2.24, 2.45) is 0 Å². The molecule has 1 aromatic heterocycles. The van der Waals surface area contributed by atoms with Crippen LogP contribution in [0.2, 0.25) is 10.0 Å². The van der Waals surface area contributed by atoms with Crippen LogP contribution in [0.15, 0.2) is 47.5 Å². The van der Waals surface area contributed by atoms with E-state index >= 15 is 0 Å². The Labute approximate surface area is 147 Å². The fourth-order valence-electron chi connectivity index (χ4n) is 2.39. The molecule has 0 spiro atoms. The molecule has 0 aliphatic heterocycles. The molecule has 1 heterocycles. The maximum absolute atomic E-state index is 12.5. The van der Waals surface area contributed by atoms with Crippen LogP contribution in [0.25, 0.3) is 10.9 Å². The fraction of sp³-hybridized carbons (Fsp3) is 0.118. The smallest absolute Gasteiger partial charge is 0.261 e. The van der Waals surface area contributed by atoms with Crippen molar-refractivity contribution in [2.45, 2.75) is 13.5 Å². The number of rotatable bonds is 3. The summed E-state index contributed by atoms with van der Waals surface area (Å²) < 4.78 is 1.26. The van der Waals surface area contributed by atoms with E-state index in [9.17, 15) is 9.59 Å². The number of nitrogens with zero attached hydrogens (tertiary/aromatic N) is 2. The van der Waals surface area contributed by atoms with Crippen molar-refractivity contribution in [3.05, 3.63) is 68.7 Å². The molecule has 0 bridgehead atoms. The number of aromatic nitrogens is 2. The molecule has 0 radical (unpaired) electrons. The standard InChI is InChI=1S/C17H13Cl2N3O2/c1-10-3-2-4-12-16(10)20-9-22(17(12)24)8-15(23)21-14-7-11(18)5-6-13(14)19/h2-7,9H,8H2,1H3,(H,21,23). The van der Waals surface area contributed by atoms with Gasteiger partial charge in [0, 0.05) is 5.02 Å². The second-order valence-corrected chi connectivity index (χ2v) is 6.16. The molecular formula is C17H13Cl2N3O2. The van der Waals surface area contributed by atoms with Gasteiger partial charge >= 0.3 is 0 Å². The van der Waals surface area contributed by atoms with Crippen molar-refractivity contribution in [1.29, 1.82) is 0 Å². The lowest BCUT2D eigenvalue weighted by atomic mass is 10.1.